The zero-order valence-corrected chi connectivity index (χ0v) is 16.9. The molecule has 7 heteroatoms. The van der Waals surface area contributed by atoms with E-state index in [0.29, 0.717) is 33.4 Å². The predicted molar refractivity (Wildman–Crippen MR) is 115 cm³/mol. The van der Waals surface area contributed by atoms with E-state index in [2.05, 4.69) is 10.3 Å². The summed E-state index contributed by atoms with van der Waals surface area (Å²) in [6.07, 6.45) is -0.781. The number of rotatable bonds is 5. The molecule has 0 aliphatic heterocycles. The summed E-state index contributed by atoms with van der Waals surface area (Å²) >= 11 is 12.1. The van der Waals surface area contributed by atoms with Gasteiger partial charge in [0.15, 0.2) is 11.7 Å². The van der Waals surface area contributed by atoms with Gasteiger partial charge in [0.25, 0.3) is 5.91 Å². The fraction of sp³-hybridized carbons (Fsp3) is 0.0909. The minimum absolute atomic E-state index is 0.269. The Morgan fingerprint density at radius 1 is 1.07 bits per heavy atom. The number of carbonyl (C=O) groups is 1. The highest BCUT2D eigenvalue weighted by molar-refractivity contribution is 6.42. The average molecular weight is 427 g/mol. The predicted octanol–water partition coefficient (Wildman–Crippen LogP) is 6.21. The number of fused-ring (bicyclic) bond motifs is 1. The molecule has 1 amide bonds. The third kappa shape index (κ3) is 4.21. The van der Waals surface area contributed by atoms with Crippen LogP contribution in [0.4, 0.5) is 5.69 Å². The Morgan fingerprint density at radius 3 is 2.66 bits per heavy atom. The van der Waals surface area contributed by atoms with Crippen molar-refractivity contribution >= 4 is 45.9 Å². The van der Waals surface area contributed by atoms with E-state index >= 15 is 0 Å². The second kappa shape index (κ2) is 8.15. The summed E-state index contributed by atoms with van der Waals surface area (Å²) in [5.41, 5.74) is 2.74. The largest absolute Gasteiger partial charge is 0.479 e. The Labute approximate surface area is 177 Å². The molecule has 1 atom stereocenters. The van der Waals surface area contributed by atoms with E-state index < -0.39 is 6.10 Å². The molecule has 1 heterocycles. The smallest absolute Gasteiger partial charge is 0.265 e. The summed E-state index contributed by atoms with van der Waals surface area (Å²) in [4.78, 5) is 17.0. The highest BCUT2D eigenvalue weighted by Crippen LogP contribution is 2.32. The molecule has 1 aromatic heterocycles. The van der Waals surface area contributed by atoms with Gasteiger partial charge in [-0.05, 0) is 43.3 Å². The fourth-order valence-electron chi connectivity index (χ4n) is 2.77. The first-order chi connectivity index (χ1) is 14.0. The molecule has 0 aliphatic carbocycles. The van der Waals surface area contributed by atoms with Crippen LogP contribution in [0.1, 0.15) is 6.92 Å². The Kier molecular flexibility index (Phi) is 5.43. The van der Waals surface area contributed by atoms with E-state index in [9.17, 15) is 4.79 Å². The molecular formula is C22H16Cl2N2O3. The van der Waals surface area contributed by atoms with Crippen LogP contribution in [0.5, 0.6) is 5.75 Å². The van der Waals surface area contributed by atoms with Crippen molar-refractivity contribution in [3.8, 4) is 17.2 Å². The molecule has 29 heavy (non-hydrogen) atoms. The lowest BCUT2D eigenvalue weighted by Gasteiger charge is -2.16. The molecule has 0 saturated carbocycles. The third-order valence-electron chi connectivity index (χ3n) is 4.27. The van der Waals surface area contributed by atoms with Crippen LogP contribution in [0.2, 0.25) is 10.0 Å². The van der Waals surface area contributed by atoms with Gasteiger partial charge in [0.1, 0.15) is 16.3 Å². The van der Waals surface area contributed by atoms with E-state index in [4.69, 9.17) is 32.4 Å². The summed E-state index contributed by atoms with van der Waals surface area (Å²) in [6.45, 7) is 1.63. The number of nitrogens with zero attached hydrogens (tertiary/aromatic N) is 1. The second-order valence-electron chi connectivity index (χ2n) is 6.37. The normalized spacial score (nSPS) is 12.0. The summed E-state index contributed by atoms with van der Waals surface area (Å²) in [6, 6.07) is 19.9. The van der Waals surface area contributed by atoms with Gasteiger partial charge >= 0.3 is 0 Å². The van der Waals surface area contributed by atoms with Gasteiger partial charge in [-0.3, -0.25) is 4.79 Å². The van der Waals surface area contributed by atoms with Crippen molar-refractivity contribution in [2.45, 2.75) is 13.0 Å². The van der Waals surface area contributed by atoms with E-state index in [1.165, 1.54) is 0 Å². The quantitative estimate of drug-likeness (QED) is 0.412. The number of aromatic nitrogens is 1. The van der Waals surface area contributed by atoms with Gasteiger partial charge in [-0.1, -0.05) is 47.5 Å². The Bertz CT molecular complexity index is 1180. The van der Waals surface area contributed by atoms with Crippen molar-refractivity contribution in [2.75, 3.05) is 5.32 Å². The van der Waals surface area contributed by atoms with Gasteiger partial charge in [0.2, 0.25) is 5.89 Å². The highest BCUT2D eigenvalue weighted by Gasteiger charge is 2.18. The summed E-state index contributed by atoms with van der Waals surface area (Å²) in [7, 11) is 0. The number of benzene rings is 3. The molecular weight excluding hydrogens is 411 g/mol. The molecule has 0 aliphatic rings. The first-order valence-corrected chi connectivity index (χ1v) is 9.64. The molecule has 0 saturated heterocycles. The molecule has 4 aromatic rings. The molecule has 3 aromatic carbocycles. The minimum Gasteiger partial charge on any atom is -0.479 e. The first kappa shape index (κ1) is 19.3. The van der Waals surface area contributed by atoms with Crippen molar-refractivity contribution in [2.24, 2.45) is 0 Å². The van der Waals surface area contributed by atoms with Crippen LogP contribution in [0, 0.1) is 0 Å². The van der Waals surface area contributed by atoms with Crippen molar-refractivity contribution in [3.05, 3.63) is 76.8 Å². The van der Waals surface area contributed by atoms with E-state index in [0.717, 1.165) is 5.56 Å². The molecule has 1 unspecified atom stereocenters. The maximum atomic E-state index is 12.5. The monoisotopic (exact) mass is 426 g/mol. The summed E-state index contributed by atoms with van der Waals surface area (Å²) < 4.78 is 11.5. The SMILES string of the molecule is CC(Oc1cccc(Cl)c1Cl)C(=O)Nc1ccc2nc(-c3ccccc3)oc2c1. The van der Waals surface area contributed by atoms with Gasteiger partial charge in [-0.25, -0.2) is 4.98 Å². The van der Waals surface area contributed by atoms with Crippen LogP contribution in [-0.4, -0.2) is 17.0 Å². The van der Waals surface area contributed by atoms with Gasteiger partial charge in [0.05, 0.1) is 5.02 Å². The first-order valence-electron chi connectivity index (χ1n) is 8.89. The average Bonchev–Trinajstić information content (AvgIpc) is 3.15. The van der Waals surface area contributed by atoms with Gasteiger partial charge in [0, 0.05) is 17.3 Å². The zero-order chi connectivity index (χ0) is 20.4. The van der Waals surface area contributed by atoms with Crippen LogP contribution in [0.3, 0.4) is 0 Å². The summed E-state index contributed by atoms with van der Waals surface area (Å²) in [5, 5.41) is 3.44. The zero-order valence-electron chi connectivity index (χ0n) is 15.4. The Balaban J connectivity index is 1.49. The molecule has 146 valence electrons. The number of ether oxygens (including phenoxy) is 1. The van der Waals surface area contributed by atoms with Crippen LogP contribution >= 0.6 is 23.2 Å². The molecule has 1 N–H and O–H groups in total. The number of anilines is 1. The van der Waals surface area contributed by atoms with Crippen molar-refractivity contribution in [3.63, 3.8) is 0 Å². The van der Waals surface area contributed by atoms with E-state index in [1.54, 1.807) is 43.3 Å². The molecule has 0 radical (unpaired) electrons. The van der Waals surface area contributed by atoms with Crippen molar-refractivity contribution in [1.29, 1.82) is 0 Å². The second-order valence-corrected chi connectivity index (χ2v) is 7.15. The number of hydrogen-bond donors (Lipinski definition) is 1. The third-order valence-corrected chi connectivity index (χ3v) is 5.07. The standard InChI is InChI=1S/C22H16Cl2N2O3/c1-13(28-18-9-5-8-16(23)20(18)24)21(27)25-15-10-11-17-19(12-15)29-22(26-17)14-6-3-2-4-7-14/h2-13H,1H3,(H,25,27). The van der Waals surface area contributed by atoms with E-state index in [-0.39, 0.29) is 10.9 Å². The lowest BCUT2D eigenvalue weighted by molar-refractivity contribution is -0.122. The van der Waals surface area contributed by atoms with Gasteiger partial charge < -0.3 is 14.5 Å². The van der Waals surface area contributed by atoms with Crippen LogP contribution in [0.15, 0.2) is 71.1 Å². The van der Waals surface area contributed by atoms with Crippen LogP contribution in [-0.2, 0) is 4.79 Å². The number of halogens is 2. The maximum absolute atomic E-state index is 12.5. The number of amides is 1. The number of hydrogen-bond acceptors (Lipinski definition) is 4. The molecule has 0 bridgehead atoms. The Morgan fingerprint density at radius 2 is 1.86 bits per heavy atom. The lowest BCUT2D eigenvalue weighted by atomic mass is 10.2. The molecule has 5 nitrogen and oxygen atoms in total. The van der Waals surface area contributed by atoms with Crippen LogP contribution < -0.4 is 10.1 Å². The molecule has 4 rings (SSSR count). The fourth-order valence-corrected chi connectivity index (χ4v) is 3.11. The highest BCUT2D eigenvalue weighted by atomic mass is 35.5. The minimum atomic E-state index is -0.781. The Hall–Kier alpha value is -3.02. The summed E-state index contributed by atoms with van der Waals surface area (Å²) in [5.74, 6) is 0.541. The van der Waals surface area contributed by atoms with Crippen LogP contribution in [0.25, 0.3) is 22.6 Å². The van der Waals surface area contributed by atoms with E-state index in [1.807, 2.05) is 30.3 Å². The number of oxazole rings is 1. The molecule has 0 spiro atoms. The molecule has 0 fully saturated rings. The topological polar surface area (TPSA) is 64.4 Å². The van der Waals surface area contributed by atoms with Crippen molar-refractivity contribution in [1.82, 2.24) is 4.98 Å². The number of nitrogens with one attached hydrogen (secondary N) is 1. The number of carbonyl (C=O) groups excluding carboxylic acids is 1. The van der Waals surface area contributed by atoms with Gasteiger partial charge in [-0.2, -0.15) is 0 Å². The van der Waals surface area contributed by atoms with Gasteiger partial charge in [-0.15, -0.1) is 0 Å². The van der Waals surface area contributed by atoms with Crippen molar-refractivity contribution < 1.29 is 13.9 Å². The lowest BCUT2D eigenvalue weighted by Crippen LogP contribution is -2.30. The maximum Gasteiger partial charge on any atom is 0.265 e.